The third-order valence-corrected chi connectivity index (χ3v) is 7.50. The summed E-state index contributed by atoms with van der Waals surface area (Å²) in [6.45, 7) is 20.1. The second-order valence-corrected chi connectivity index (χ2v) is 13.1. The van der Waals surface area contributed by atoms with Gasteiger partial charge in [-0.25, -0.2) is 0 Å². The molecule has 148 valence electrons. The van der Waals surface area contributed by atoms with Crippen LogP contribution in [0, 0.1) is 33.5 Å². The van der Waals surface area contributed by atoms with Gasteiger partial charge in [0.05, 0.1) is 0 Å². The predicted molar refractivity (Wildman–Crippen MR) is 113 cm³/mol. The molecule has 2 fully saturated rings. The van der Waals surface area contributed by atoms with Gasteiger partial charge in [0.2, 0.25) is 0 Å². The highest BCUT2D eigenvalue weighted by Gasteiger charge is 2.35. The molecule has 25 heavy (non-hydrogen) atoms. The van der Waals surface area contributed by atoms with E-state index in [1.54, 1.807) is 0 Å². The molecule has 0 amide bonds. The van der Waals surface area contributed by atoms with Crippen molar-refractivity contribution in [1.82, 2.24) is 0 Å². The molecule has 0 unspecified atom stereocenters. The van der Waals surface area contributed by atoms with E-state index in [-0.39, 0.29) is 0 Å². The minimum Gasteiger partial charge on any atom is -0.0599 e. The molecule has 0 radical (unpaired) electrons. The average Bonchev–Trinajstić information content (AvgIpc) is 2.39. The summed E-state index contributed by atoms with van der Waals surface area (Å²) in [5.41, 5.74) is 2.14. The molecule has 0 aromatic heterocycles. The zero-order chi connectivity index (χ0) is 18.9. The number of rotatable bonds is 2. The fourth-order valence-corrected chi connectivity index (χ4v) is 6.56. The van der Waals surface area contributed by atoms with E-state index in [0.29, 0.717) is 21.7 Å². The van der Waals surface area contributed by atoms with Crippen molar-refractivity contribution >= 4 is 0 Å². The van der Waals surface area contributed by atoms with Gasteiger partial charge in [0, 0.05) is 0 Å². The Morgan fingerprint density at radius 1 is 0.480 bits per heavy atom. The maximum absolute atomic E-state index is 2.51. The van der Waals surface area contributed by atoms with Crippen molar-refractivity contribution < 1.29 is 0 Å². The van der Waals surface area contributed by atoms with Crippen molar-refractivity contribution in [2.75, 3.05) is 0 Å². The molecule has 2 aliphatic rings. The first kappa shape index (κ1) is 21.3. The highest BCUT2D eigenvalue weighted by Crippen LogP contribution is 2.48. The van der Waals surface area contributed by atoms with Crippen LogP contribution in [0.15, 0.2) is 0 Å². The fraction of sp³-hybridized carbons (Fsp3) is 1.00. The minimum absolute atomic E-state index is 0.535. The zero-order valence-corrected chi connectivity index (χ0v) is 18.9. The molecule has 0 bridgehead atoms. The predicted octanol–water partition coefficient (Wildman–Crippen LogP) is 8.64. The first-order valence-corrected chi connectivity index (χ1v) is 11.3. The Morgan fingerprint density at radius 3 is 0.960 bits per heavy atom. The van der Waals surface area contributed by atoms with Gasteiger partial charge in [0.15, 0.2) is 0 Å². The fourth-order valence-electron chi connectivity index (χ4n) is 6.56. The van der Waals surface area contributed by atoms with E-state index in [4.69, 9.17) is 0 Å². The second-order valence-electron chi connectivity index (χ2n) is 13.1. The molecule has 2 rings (SSSR count). The van der Waals surface area contributed by atoms with Crippen LogP contribution in [0.3, 0.4) is 0 Å². The standard InChI is InChI=1S/C25H48/c1-22(2)13-9-20(10-14-23(3,4)18-22)17-21-11-15-24(5,6)19-25(7,8)16-12-21/h20-21H,9-19H2,1-8H3. The summed E-state index contributed by atoms with van der Waals surface area (Å²) >= 11 is 0. The molecule has 0 saturated heterocycles. The largest absolute Gasteiger partial charge is 0.0599 e. The molecule has 0 N–H and O–H groups in total. The Balaban J connectivity index is 1.99. The maximum Gasteiger partial charge on any atom is -0.0349 e. The van der Waals surface area contributed by atoms with Gasteiger partial charge in [-0.1, -0.05) is 55.4 Å². The van der Waals surface area contributed by atoms with Crippen LogP contribution in [0.2, 0.25) is 0 Å². The van der Waals surface area contributed by atoms with E-state index in [9.17, 15) is 0 Å². The minimum atomic E-state index is 0.535. The van der Waals surface area contributed by atoms with E-state index in [1.165, 1.54) is 70.6 Å². The van der Waals surface area contributed by atoms with Gasteiger partial charge >= 0.3 is 0 Å². The molecule has 2 saturated carbocycles. The molecule has 0 atom stereocenters. The second kappa shape index (κ2) is 7.55. The summed E-state index contributed by atoms with van der Waals surface area (Å²) in [7, 11) is 0. The lowest BCUT2D eigenvalue weighted by atomic mass is 9.64. The summed E-state index contributed by atoms with van der Waals surface area (Å²) in [6.07, 6.45) is 16.0. The van der Waals surface area contributed by atoms with Crippen LogP contribution in [-0.2, 0) is 0 Å². The molecule has 0 aliphatic heterocycles. The van der Waals surface area contributed by atoms with Crippen LogP contribution in [0.1, 0.15) is 126 Å². The van der Waals surface area contributed by atoms with E-state index in [1.807, 2.05) is 0 Å². The van der Waals surface area contributed by atoms with Gasteiger partial charge in [0.25, 0.3) is 0 Å². The summed E-state index contributed by atoms with van der Waals surface area (Å²) in [6, 6.07) is 0. The topological polar surface area (TPSA) is 0 Å². The van der Waals surface area contributed by atoms with Crippen molar-refractivity contribution in [3.05, 3.63) is 0 Å². The molecule has 2 aliphatic carbocycles. The van der Waals surface area contributed by atoms with Crippen LogP contribution < -0.4 is 0 Å². The summed E-state index contributed by atoms with van der Waals surface area (Å²) < 4.78 is 0. The van der Waals surface area contributed by atoms with E-state index >= 15 is 0 Å². The molecule has 0 heteroatoms. The Hall–Kier alpha value is 0. The number of hydrogen-bond acceptors (Lipinski definition) is 0. The van der Waals surface area contributed by atoms with E-state index in [0.717, 1.165) is 11.8 Å². The Kier molecular flexibility index (Phi) is 6.44. The van der Waals surface area contributed by atoms with Crippen molar-refractivity contribution in [2.24, 2.45) is 33.5 Å². The van der Waals surface area contributed by atoms with Crippen LogP contribution in [0.4, 0.5) is 0 Å². The van der Waals surface area contributed by atoms with Gasteiger partial charge in [-0.2, -0.15) is 0 Å². The summed E-state index contributed by atoms with van der Waals surface area (Å²) in [5, 5.41) is 0. The molecule has 0 nitrogen and oxygen atoms in total. The van der Waals surface area contributed by atoms with Crippen molar-refractivity contribution in [2.45, 2.75) is 126 Å². The molecule has 0 aromatic carbocycles. The Labute approximate surface area is 159 Å². The number of hydrogen-bond donors (Lipinski definition) is 0. The van der Waals surface area contributed by atoms with E-state index in [2.05, 4.69) is 55.4 Å². The first-order chi connectivity index (χ1) is 11.3. The highest BCUT2D eigenvalue weighted by molar-refractivity contribution is 4.87. The van der Waals surface area contributed by atoms with Crippen molar-refractivity contribution in [3.63, 3.8) is 0 Å². The smallest absolute Gasteiger partial charge is 0.0349 e. The van der Waals surface area contributed by atoms with Crippen LogP contribution in [-0.4, -0.2) is 0 Å². The molecular formula is C25H48. The summed E-state index contributed by atoms with van der Waals surface area (Å²) in [4.78, 5) is 0. The average molecular weight is 349 g/mol. The van der Waals surface area contributed by atoms with Crippen LogP contribution in [0.25, 0.3) is 0 Å². The Morgan fingerprint density at radius 2 is 0.720 bits per heavy atom. The molecular weight excluding hydrogens is 300 g/mol. The third-order valence-electron chi connectivity index (χ3n) is 7.50. The first-order valence-electron chi connectivity index (χ1n) is 11.3. The van der Waals surface area contributed by atoms with Gasteiger partial charge in [-0.05, 0) is 104 Å². The van der Waals surface area contributed by atoms with Crippen molar-refractivity contribution in [3.8, 4) is 0 Å². The van der Waals surface area contributed by atoms with Crippen LogP contribution in [0.5, 0.6) is 0 Å². The van der Waals surface area contributed by atoms with E-state index < -0.39 is 0 Å². The Bertz CT molecular complexity index is 347. The van der Waals surface area contributed by atoms with Crippen LogP contribution >= 0.6 is 0 Å². The monoisotopic (exact) mass is 348 g/mol. The van der Waals surface area contributed by atoms with Gasteiger partial charge in [0.1, 0.15) is 0 Å². The quantitative estimate of drug-likeness (QED) is 0.468. The maximum atomic E-state index is 2.51. The zero-order valence-electron chi connectivity index (χ0n) is 18.9. The summed E-state index contributed by atoms with van der Waals surface area (Å²) in [5.74, 6) is 1.96. The molecule has 0 spiro atoms. The normalized spacial score (nSPS) is 30.7. The van der Waals surface area contributed by atoms with Gasteiger partial charge < -0.3 is 0 Å². The lowest BCUT2D eigenvalue weighted by Crippen LogP contribution is -2.29. The van der Waals surface area contributed by atoms with Gasteiger partial charge in [-0.15, -0.1) is 0 Å². The van der Waals surface area contributed by atoms with Gasteiger partial charge in [-0.3, -0.25) is 0 Å². The lowest BCUT2D eigenvalue weighted by molar-refractivity contribution is 0.0976. The molecule has 0 heterocycles. The highest BCUT2D eigenvalue weighted by atomic mass is 14.4. The van der Waals surface area contributed by atoms with Crippen molar-refractivity contribution in [1.29, 1.82) is 0 Å². The lowest BCUT2D eigenvalue weighted by Gasteiger charge is -2.42. The SMILES string of the molecule is CC1(C)CCC(CC2CCC(C)(C)CC(C)(C)CC2)CCC(C)(C)C1. The third kappa shape index (κ3) is 7.26. The molecule has 0 aromatic rings.